The molecule has 60 valence electrons. The number of hydrogen-bond donors (Lipinski definition) is 1. The molecule has 0 heterocycles. The van der Waals surface area contributed by atoms with Crippen molar-refractivity contribution in [2.24, 2.45) is 5.92 Å². The lowest BCUT2D eigenvalue weighted by Crippen LogP contribution is -2.01. The van der Waals surface area contributed by atoms with Crippen molar-refractivity contribution in [2.45, 2.75) is 12.8 Å². The predicted molar refractivity (Wildman–Crippen MR) is 35.6 cm³/mol. The van der Waals surface area contributed by atoms with Gasteiger partial charge in [-0.1, -0.05) is 0 Å². The molecule has 0 unspecified atom stereocenters. The van der Waals surface area contributed by atoms with E-state index in [1.807, 2.05) is 0 Å². The van der Waals surface area contributed by atoms with Gasteiger partial charge in [-0.05, 0) is 12.8 Å². The van der Waals surface area contributed by atoms with E-state index in [0.29, 0.717) is 0 Å². The molecule has 1 fully saturated rings. The van der Waals surface area contributed by atoms with Crippen molar-refractivity contribution >= 4 is 11.9 Å². The van der Waals surface area contributed by atoms with Crippen LogP contribution in [0.4, 0.5) is 0 Å². The van der Waals surface area contributed by atoms with Crippen LogP contribution in [0.5, 0.6) is 0 Å². The molecular formula is C7H8O4. The predicted octanol–water partition coefficient (Wildman–Crippen LogP) is 0.538. The first-order valence-electron chi connectivity index (χ1n) is 3.30. The van der Waals surface area contributed by atoms with Crippen LogP contribution < -0.4 is 0 Å². The minimum absolute atomic E-state index is 0.00782. The maximum absolute atomic E-state index is 10.7. The molecule has 0 aromatic heterocycles. The molecular weight excluding hydrogens is 148 g/mol. The number of aliphatic carboxylic acids is 1. The summed E-state index contributed by atoms with van der Waals surface area (Å²) in [6.07, 6.45) is 3.42. The average molecular weight is 156 g/mol. The van der Waals surface area contributed by atoms with Crippen molar-refractivity contribution < 1.29 is 19.4 Å². The largest absolute Gasteiger partial charge is 0.478 e. The smallest absolute Gasteiger partial charge is 0.331 e. The molecule has 0 spiro atoms. The second kappa shape index (κ2) is 3.18. The van der Waals surface area contributed by atoms with Crippen LogP contribution in [0.2, 0.25) is 0 Å². The van der Waals surface area contributed by atoms with Crippen molar-refractivity contribution in [3.05, 3.63) is 12.3 Å². The molecule has 1 saturated carbocycles. The van der Waals surface area contributed by atoms with Crippen LogP contribution in [-0.2, 0) is 14.3 Å². The van der Waals surface area contributed by atoms with E-state index in [1.165, 1.54) is 0 Å². The van der Waals surface area contributed by atoms with Crippen LogP contribution in [0.25, 0.3) is 0 Å². The third-order valence-corrected chi connectivity index (χ3v) is 1.31. The first-order valence-corrected chi connectivity index (χ1v) is 3.30. The van der Waals surface area contributed by atoms with Crippen molar-refractivity contribution in [2.75, 3.05) is 0 Å². The average Bonchev–Trinajstić information content (AvgIpc) is 2.66. The van der Waals surface area contributed by atoms with Crippen LogP contribution >= 0.6 is 0 Å². The van der Waals surface area contributed by atoms with Gasteiger partial charge in [0.2, 0.25) is 0 Å². The summed E-state index contributed by atoms with van der Waals surface area (Å²) in [6, 6.07) is 0. The Morgan fingerprint density at radius 2 is 2.09 bits per heavy atom. The van der Waals surface area contributed by atoms with E-state index in [9.17, 15) is 9.59 Å². The van der Waals surface area contributed by atoms with Crippen LogP contribution in [0, 0.1) is 5.92 Å². The number of carbonyl (C=O) groups is 2. The Morgan fingerprint density at radius 1 is 1.45 bits per heavy atom. The lowest BCUT2D eigenvalue weighted by molar-refractivity contribution is -0.139. The van der Waals surface area contributed by atoms with Gasteiger partial charge < -0.3 is 9.84 Å². The summed E-state index contributed by atoms with van der Waals surface area (Å²) in [6.45, 7) is 0. The summed E-state index contributed by atoms with van der Waals surface area (Å²) in [5.41, 5.74) is 0. The summed E-state index contributed by atoms with van der Waals surface area (Å²) in [5.74, 6) is -1.44. The molecule has 0 radical (unpaired) electrons. The first kappa shape index (κ1) is 7.78. The van der Waals surface area contributed by atoms with Crippen LogP contribution in [0.1, 0.15) is 12.8 Å². The van der Waals surface area contributed by atoms with Crippen LogP contribution in [-0.4, -0.2) is 17.0 Å². The van der Waals surface area contributed by atoms with E-state index in [0.717, 1.165) is 25.2 Å². The molecule has 0 atom stereocenters. The van der Waals surface area contributed by atoms with Crippen LogP contribution in [0.3, 0.4) is 0 Å². The highest BCUT2D eigenvalue weighted by atomic mass is 16.5. The molecule has 0 aromatic rings. The molecule has 4 heteroatoms. The quantitative estimate of drug-likeness (QED) is 0.368. The molecule has 1 rings (SSSR count). The Kier molecular flexibility index (Phi) is 2.25. The lowest BCUT2D eigenvalue weighted by atomic mass is 10.4. The van der Waals surface area contributed by atoms with Gasteiger partial charge >= 0.3 is 11.9 Å². The van der Waals surface area contributed by atoms with Gasteiger partial charge in [0.15, 0.2) is 0 Å². The summed E-state index contributed by atoms with van der Waals surface area (Å²) in [4.78, 5) is 20.6. The zero-order valence-electron chi connectivity index (χ0n) is 5.82. The highest BCUT2D eigenvalue weighted by Crippen LogP contribution is 2.29. The van der Waals surface area contributed by atoms with Gasteiger partial charge in [-0.25, -0.2) is 4.79 Å². The van der Waals surface area contributed by atoms with E-state index in [1.54, 1.807) is 0 Å². The Morgan fingerprint density at radius 3 is 2.55 bits per heavy atom. The monoisotopic (exact) mass is 156 g/mol. The molecule has 0 bridgehead atoms. The van der Waals surface area contributed by atoms with E-state index in [4.69, 9.17) is 5.11 Å². The number of carboxylic acid groups (broad SMARTS) is 1. The normalized spacial score (nSPS) is 16.7. The fraction of sp³-hybridized carbons (Fsp3) is 0.429. The molecule has 11 heavy (non-hydrogen) atoms. The summed E-state index contributed by atoms with van der Waals surface area (Å²) in [5, 5.41) is 8.10. The topological polar surface area (TPSA) is 63.6 Å². The zero-order chi connectivity index (χ0) is 8.27. The molecule has 4 nitrogen and oxygen atoms in total. The summed E-state index contributed by atoms with van der Waals surface area (Å²) >= 11 is 0. The summed E-state index contributed by atoms with van der Waals surface area (Å²) in [7, 11) is 0. The second-order valence-corrected chi connectivity index (χ2v) is 2.35. The highest BCUT2D eigenvalue weighted by Gasteiger charge is 2.30. The molecule has 0 aromatic carbocycles. The minimum atomic E-state index is -1.12. The van der Waals surface area contributed by atoms with E-state index in [-0.39, 0.29) is 11.9 Å². The van der Waals surface area contributed by atoms with Crippen LogP contribution in [0.15, 0.2) is 12.3 Å². The molecule has 1 N–H and O–H groups in total. The van der Waals surface area contributed by atoms with Crippen molar-refractivity contribution in [3.8, 4) is 0 Å². The number of esters is 1. The number of ether oxygens (including phenoxy) is 1. The van der Waals surface area contributed by atoms with Gasteiger partial charge in [0.25, 0.3) is 0 Å². The van der Waals surface area contributed by atoms with Gasteiger partial charge in [-0.15, -0.1) is 0 Å². The molecule has 0 aliphatic heterocycles. The van der Waals surface area contributed by atoms with Gasteiger partial charge in [-0.3, -0.25) is 4.79 Å². The number of carboxylic acids is 1. The number of carbonyl (C=O) groups excluding carboxylic acids is 1. The fourth-order valence-corrected chi connectivity index (χ4v) is 0.575. The maximum atomic E-state index is 10.7. The van der Waals surface area contributed by atoms with Crippen molar-refractivity contribution in [1.82, 2.24) is 0 Å². The Labute approximate surface area is 63.5 Å². The molecule has 0 amide bonds. The standard InChI is InChI=1S/C7H8O4/c8-6(9)3-4-11-7(10)5-1-2-5/h3-5H,1-2H2,(H,8,9)/b4-3+. The fourth-order valence-electron chi connectivity index (χ4n) is 0.575. The van der Waals surface area contributed by atoms with Gasteiger partial charge in [0, 0.05) is 0 Å². The Bertz CT molecular complexity index is 202. The van der Waals surface area contributed by atoms with E-state index < -0.39 is 5.97 Å². The SMILES string of the molecule is O=C(O)/C=C/OC(=O)C1CC1. The second-order valence-electron chi connectivity index (χ2n) is 2.35. The molecule has 0 saturated heterocycles. The highest BCUT2D eigenvalue weighted by molar-refractivity contribution is 5.80. The Balaban J connectivity index is 2.20. The number of rotatable bonds is 3. The third-order valence-electron chi connectivity index (χ3n) is 1.31. The minimum Gasteiger partial charge on any atom is -0.478 e. The summed E-state index contributed by atoms with van der Waals surface area (Å²) < 4.78 is 4.48. The maximum Gasteiger partial charge on any atom is 0.331 e. The third kappa shape index (κ3) is 2.84. The number of hydrogen-bond acceptors (Lipinski definition) is 3. The Hall–Kier alpha value is -1.32. The lowest BCUT2D eigenvalue weighted by Gasteiger charge is -1.92. The van der Waals surface area contributed by atoms with Gasteiger partial charge in [0.05, 0.1) is 12.0 Å². The molecule has 1 aliphatic carbocycles. The van der Waals surface area contributed by atoms with Crippen molar-refractivity contribution in [3.63, 3.8) is 0 Å². The first-order chi connectivity index (χ1) is 5.20. The van der Waals surface area contributed by atoms with E-state index >= 15 is 0 Å². The zero-order valence-corrected chi connectivity index (χ0v) is 5.82. The van der Waals surface area contributed by atoms with Gasteiger partial charge in [-0.2, -0.15) is 0 Å². The molecule has 1 aliphatic rings. The van der Waals surface area contributed by atoms with Gasteiger partial charge in [0.1, 0.15) is 6.26 Å². The van der Waals surface area contributed by atoms with E-state index in [2.05, 4.69) is 4.74 Å². The van der Waals surface area contributed by atoms with Crippen molar-refractivity contribution in [1.29, 1.82) is 0 Å².